The van der Waals surface area contributed by atoms with E-state index in [-0.39, 0.29) is 18.2 Å². The number of piperidine rings is 1. The molecular formula is C29H31N5O3. The van der Waals surface area contributed by atoms with Gasteiger partial charge >= 0.3 is 5.97 Å². The van der Waals surface area contributed by atoms with Gasteiger partial charge in [0.05, 0.1) is 31.0 Å². The highest BCUT2D eigenvalue weighted by Gasteiger charge is 2.30. The zero-order chi connectivity index (χ0) is 25.6. The summed E-state index contributed by atoms with van der Waals surface area (Å²) in [6.07, 6.45) is 9.11. The minimum absolute atomic E-state index is 0.116. The predicted molar refractivity (Wildman–Crippen MR) is 142 cm³/mol. The molecule has 2 aromatic heterocycles. The van der Waals surface area contributed by atoms with Crippen LogP contribution in [0.25, 0.3) is 10.8 Å². The molecule has 2 aromatic carbocycles. The first kappa shape index (κ1) is 24.5. The fourth-order valence-corrected chi connectivity index (χ4v) is 4.96. The molecule has 190 valence electrons. The van der Waals surface area contributed by atoms with Gasteiger partial charge in [0.25, 0.3) is 0 Å². The van der Waals surface area contributed by atoms with Crippen LogP contribution in [0, 0.1) is 5.92 Å². The van der Waals surface area contributed by atoms with Crippen LogP contribution >= 0.6 is 0 Å². The second-order valence-electron chi connectivity index (χ2n) is 9.45. The number of nitrogens with one attached hydrogen (secondary N) is 1. The van der Waals surface area contributed by atoms with E-state index in [0.29, 0.717) is 19.4 Å². The zero-order valence-corrected chi connectivity index (χ0v) is 20.9. The highest BCUT2D eigenvalue weighted by Crippen LogP contribution is 2.29. The Kier molecular flexibility index (Phi) is 7.44. The van der Waals surface area contributed by atoms with Crippen LogP contribution in [0.1, 0.15) is 24.1 Å². The molecule has 37 heavy (non-hydrogen) atoms. The maximum absolute atomic E-state index is 13.1. The molecule has 1 aliphatic heterocycles. The number of pyridine rings is 1. The molecular weight excluding hydrogens is 466 g/mol. The van der Waals surface area contributed by atoms with Crippen molar-refractivity contribution >= 4 is 28.3 Å². The normalized spacial score (nSPS) is 14.9. The number of hydrogen-bond acceptors (Lipinski definition) is 6. The number of esters is 1. The number of amides is 1. The molecule has 1 N–H and O–H groups in total. The Morgan fingerprint density at radius 1 is 1.05 bits per heavy atom. The Balaban J connectivity index is 1.19. The summed E-state index contributed by atoms with van der Waals surface area (Å²) in [5, 5.41) is 5.20. The molecule has 3 heterocycles. The van der Waals surface area contributed by atoms with E-state index in [4.69, 9.17) is 4.74 Å². The van der Waals surface area contributed by atoms with Crippen molar-refractivity contribution < 1.29 is 14.3 Å². The summed E-state index contributed by atoms with van der Waals surface area (Å²) < 4.78 is 6.96. The molecule has 8 nitrogen and oxygen atoms in total. The number of ether oxygens (including phenoxy) is 1. The minimum Gasteiger partial charge on any atom is -0.467 e. The largest absolute Gasteiger partial charge is 0.467 e. The molecule has 8 heteroatoms. The van der Waals surface area contributed by atoms with Crippen molar-refractivity contribution in [3.63, 3.8) is 0 Å². The quantitative estimate of drug-likeness (QED) is 0.374. The second-order valence-corrected chi connectivity index (χ2v) is 9.45. The Morgan fingerprint density at radius 2 is 1.81 bits per heavy atom. The third-order valence-corrected chi connectivity index (χ3v) is 6.96. The van der Waals surface area contributed by atoms with E-state index >= 15 is 0 Å². The summed E-state index contributed by atoms with van der Waals surface area (Å²) >= 11 is 0. The summed E-state index contributed by atoms with van der Waals surface area (Å²) in [6, 6.07) is 17.5. The van der Waals surface area contributed by atoms with Gasteiger partial charge in [0.1, 0.15) is 6.04 Å². The van der Waals surface area contributed by atoms with Crippen molar-refractivity contribution in [2.24, 2.45) is 5.92 Å². The van der Waals surface area contributed by atoms with E-state index in [1.807, 2.05) is 53.5 Å². The Labute approximate surface area is 216 Å². The Morgan fingerprint density at radius 3 is 2.59 bits per heavy atom. The fraction of sp³-hybridized carbons (Fsp3) is 0.310. The lowest BCUT2D eigenvalue weighted by Crippen LogP contribution is -2.48. The fourth-order valence-electron chi connectivity index (χ4n) is 4.96. The van der Waals surface area contributed by atoms with Crippen LogP contribution in [0.5, 0.6) is 0 Å². The first-order chi connectivity index (χ1) is 18.1. The van der Waals surface area contributed by atoms with Crippen molar-refractivity contribution in [3.05, 3.63) is 90.8 Å². The first-order valence-corrected chi connectivity index (χ1v) is 12.6. The molecule has 4 aromatic rings. The maximum Gasteiger partial charge on any atom is 0.328 e. The number of imidazole rings is 1. The molecule has 0 aliphatic carbocycles. The minimum atomic E-state index is -0.780. The summed E-state index contributed by atoms with van der Waals surface area (Å²) in [4.78, 5) is 36.8. The second kappa shape index (κ2) is 11.2. The summed E-state index contributed by atoms with van der Waals surface area (Å²) in [6.45, 7) is 2.19. The van der Waals surface area contributed by atoms with Gasteiger partial charge in [-0.2, -0.15) is 0 Å². The van der Waals surface area contributed by atoms with E-state index < -0.39 is 12.0 Å². The van der Waals surface area contributed by atoms with Crippen LogP contribution in [0.4, 0.5) is 5.69 Å². The van der Waals surface area contributed by atoms with Gasteiger partial charge in [-0.3, -0.25) is 9.78 Å². The number of carbonyl (C=O) groups is 2. The number of anilines is 1. The molecule has 1 aliphatic rings. The van der Waals surface area contributed by atoms with Crippen LogP contribution in [0.15, 0.2) is 79.5 Å². The summed E-state index contributed by atoms with van der Waals surface area (Å²) in [7, 11) is 1.34. The molecule has 0 spiro atoms. The molecule has 0 radical (unpaired) electrons. The maximum atomic E-state index is 13.1. The average Bonchev–Trinajstić information content (AvgIpc) is 3.39. The number of methoxy groups -OCH3 is 1. The molecule has 1 amide bonds. The van der Waals surface area contributed by atoms with E-state index in [2.05, 4.69) is 44.5 Å². The van der Waals surface area contributed by atoms with Gasteiger partial charge in [-0.1, -0.05) is 54.6 Å². The lowest BCUT2D eigenvalue weighted by atomic mass is 9.94. The number of nitrogens with zero attached hydrogens (tertiary/aromatic N) is 4. The number of hydrogen-bond donors (Lipinski definition) is 1. The zero-order valence-electron chi connectivity index (χ0n) is 20.9. The van der Waals surface area contributed by atoms with Gasteiger partial charge in [-0.05, 0) is 18.4 Å². The molecule has 1 fully saturated rings. The smallest absolute Gasteiger partial charge is 0.328 e. The number of fused-ring (bicyclic) bond motifs is 1. The Hall–Kier alpha value is -4.20. The van der Waals surface area contributed by atoms with Crippen molar-refractivity contribution in [1.29, 1.82) is 0 Å². The van der Waals surface area contributed by atoms with Gasteiger partial charge in [0.15, 0.2) is 0 Å². The van der Waals surface area contributed by atoms with E-state index in [1.54, 1.807) is 6.33 Å². The Bertz CT molecular complexity index is 1360. The van der Waals surface area contributed by atoms with Gasteiger partial charge in [0.2, 0.25) is 5.91 Å². The van der Waals surface area contributed by atoms with E-state index in [9.17, 15) is 9.59 Å². The van der Waals surface area contributed by atoms with Crippen molar-refractivity contribution in [2.75, 3.05) is 25.1 Å². The molecule has 0 unspecified atom stereocenters. The van der Waals surface area contributed by atoms with Crippen molar-refractivity contribution in [2.45, 2.75) is 31.8 Å². The SMILES string of the molecule is COC(=O)[C@H](Cc1cn(Cc2ccccc2)cn1)NC(=O)C1CCN(c2cncc3ccccc23)CC1. The third-order valence-electron chi connectivity index (χ3n) is 6.96. The highest BCUT2D eigenvalue weighted by molar-refractivity contribution is 5.93. The number of carbonyl (C=O) groups excluding carboxylic acids is 2. The van der Waals surface area contributed by atoms with Gasteiger partial charge in [-0.15, -0.1) is 0 Å². The number of aromatic nitrogens is 3. The van der Waals surface area contributed by atoms with Crippen molar-refractivity contribution in [1.82, 2.24) is 19.9 Å². The number of benzene rings is 2. The molecule has 1 atom stereocenters. The molecule has 5 rings (SSSR count). The lowest BCUT2D eigenvalue weighted by molar-refractivity contribution is -0.145. The van der Waals surface area contributed by atoms with Crippen LogP contribution < -0.4 is 10.2 Å². The average molecular weight is 498 g/mol. The molecule has 0 bridgehead atoms. The third kappa shape index (κ3) is 5.80. The van der Waals surface area contributed by atoms with Crippen molar-refractivity contribution in [3.8, 4) is 0 Å². The lowest BCUT2D eigenvalue weighted by Gasteiger charge is -2.34. The molecule has 1 saturated heterocycles. The highest BCUT2D eigenvalue weighted by atomic mass is 16.5. The number of rotatable bonds is 8. The van der Waals surface area contributed by atoms with Crippen LogP contribution in [0.2, 0.25) is 0 Å². The topological polar surface area (TPSA) is 89.3 Å². The monoisotopic (exact) mass is 497 g/mol. The first-order valence-electron chi connectivity index (χ1n) is 12.6. The van der Waals surface area contributed by atoms with E-state index in [1.165, 1.54) is 7.11 Å². The predicted octanol–water partition coefficient (Wildman–Crippen LogP) is 3.60. The van der Waals surface area contributed by atoms with Gasteiger partial charge < -0.3 is 19.5 Å². The molecule has 0 saturated carbocycles. The summed E-state index contributed by atoms with van der Waals surface area (Å²) in [5.41, 5.74) is 2.98. The van der Waals surface area contributed by atoms with Gasteiger partial charge in [0, 0.05) is 55.1 Å². The van der Waals surface area contributed by atoms with Crippen LogP contribution in [0.3, 0.4) is 0 Å². The standard InChI is InChI=1S/C29H31N5O3/c1-37-29(36)26(15-24-19-33(20-31-24)18-21-7-3-2-4-8-21)32-28(35)22-11-13-34(14-12-22)27-17-30-16-23-9-5-6-10-25(23)27/h2-10,16-17,19-20,22,26H,11-15,18H2,1H3,(H,32,35)/t26-/m0/s1. The van der Waals surface area contributed by atoms with Crippen LogP contribution in [-0.4, -0.2) is 52.7 Å². The van der Waals surface area contributed by atoms with E-state index in [0.717, 1.165) is 40.8 Å². The summed E-state index contributed by atoms with van der Waals surface area (Å²) in [5.74, 6) is -0.748. The van der Waals surface area contributed by atoms with Crippen LogP contribution in [-0.2, 0) is 27.3 Å². The van der Waals surface area contributed by atoms with Gasteiger partial charge in [-0.25, -0.2) is 9.78 Å².